The van der Waals surface area contributed by atoms with E-state index in [1.54, 1.807) is 6.20 Å². The van der Waals surface area contributed by atoms with Gasteiger partial charge in [0.2, 0.25) is 0 Å². The van der Waals surface area contributed by atoms with Crippen LogP contribution in [-0.2, 0) is 0 Å². The van der Waals surface area contributed by atoms with Gasteiger partial charge in [-0.25, -0.2) is 9.97 Å². The molecular weight excluding hydrogens is 288 g/mol. The van der Waals surface area contributed by atoms with Crippen LogP contribution in [0, 0.1) is 6.92 Å². The maximum atomic E-state index is 12.4. The maximum Gasteiger partial charge on any atom is 0.274 e. The molecule has 122 valence electrons. The van der Waals surface area contributed by atoms with Gasteiger partial charge >= 0.3 is 0 Å². The highest BCUT2D eigenvalue weighted by molar-refractivity contribution is 5.92. The third-order valence-electron chi connectivity index (χ3n) is 3.47. The molecule has 5 nitrogen and oxygen atoms in total. The molecular formula is C18H24N4O. The molecule has 2 aromatic rings. The summed E-state index contributed by atoms with van der Waals surface area (Å²) in [4.78, 5) is 22.8. The molecule has 2 rings (SSSR count). The van der Waals surface area contributed by atoms with E-state index in [0.29, 0.717) is 11.5 Å². The Morgan fingerprint density at radius 3 is 2.22 bits per heavy atom. The molecule has 0 unspecified atom stereocenters. The van der Waals surface area contributed by atoms with E-state index in [0.717, 1.165) is 31.6 Å². The van der Waals surface area contributed by atoms with Gasteiger partial charge in [-0.3, -0.25) is 4.79 Å². The summed E-state index contributed by atoms with van der Waals surface area (Å²) in [5.41, 5.74) is 2.54. The van der Waals surface area contributed by atoms with Gasteiger partial charge in [-0.05, 0) is 31.9 Å². The fraction of sp³-hybridized carbons (Fsp3) is 0.389. The standard InChI is InChI=1S/C18H24N4O/c1-4-10-22(11-5-2)18(23)16-12-20-17(13-19-16)21-15-8-6-14(3)7-9-15/h6-9,12-13H,4-5,10-11H2,1-3H3,(H,20,21). The first-order chi connectivity index (χ1) is 11.1. The molecule has 0 fully saturated rings. The lowest BCUT2D eigenvalue weighted by atomic mass is 10.2. The minimum Gasteiger partial charge on any atom is -0.339 e. The number of carbonyl (C=O) groups is 1. The number of carbonyl (C=O) groups excluding carboxylic acids is 1. The first kappa shape index (κ1) is 16.9. The summed E-state index contributed by atoms with van der Waals surface area (Å²) in [6.45, 7) is 7.67. The number of hydrogen-bond acceptors (Lipinski definition) is 4. The lowest BCUT2D eigenvalue weighted by Gasteiger charge is -2.20. The predicted molar refractivity (Wildman–Crippen MR) is 93.0 cm³/mol. The zero-order valence-corrected chi connectivity index (χ0v) is 14.0. The minimum atomic E-state index is -0.0527. The van der Waals surface area contributed by atoms with Crippen LogP contribution in [0.2, 0.25) is 0 Å². The van der Waals surface area contributed by atoms with Crippen molar-refractivity contribution in [2.75, 3.05) is 18.4 Å². The van der Waals surface area contributed by atoms with Crippen molar-refractivity contribution in [1.82, 2.24) is 14.9 Å². The van der Waals surface area contributed by atoms with Crippen LogP contribution in [0.15, 0.2) is 36.7 Å². The van der Waals surface area contributed by atoms with E-state index < -0.39 is 0 Å². The quantitative estimate of drug-likeness (QED) is 0.845. The van der Waals surface area contributed by atoms with Crippen LogP contribution in [0.1, 0.15) is 42.7 Å². The van der Waals surface area contributed by atoms with Crippen molar-refractivity contribution in [2.24, 2.45) is 0 Å². The molecule has 0 aliphatic heterocycles. The van der Waals surface area contributed by atoms with Crippen LogP contribution in [0.3, 0.4) is 0 Å². The number of amides is 1. The average molecular weight is 312 g/mol. The zero-order chi connectivity index (χ0) is 16.7. The number of nitrogens with zero attached hydrogens (tertiary/aromatic N) is 3. The van der Waals surface area contributed by atoms with Crippen LogP contribution in [0.4, 0.5) is 11.5 Å². The Bertz CT molecular complexity index is 616. The van der Waals surface area contributed by atoms with E-state index >= 15 is 0 Å². The van der Waals surface area contributed by atoms with E-state index in [1.165, 1.54) is 11.8 Å². The molecule has 0 aliphatic rings. The van der Waals surface area contributed by atoms with E-state index in [9.17, 15) is 4.79 Å². The lowest BCUT2D eigenvalue weighted by molar-refractivity contribution is 0.0749. The van der Waals surface area contributed by atoms with Crippen LogP contribution in [0.25, 0.3) is 0 Å². The van der Waals surface area contributed by atoms with Crippen molar-refractivity contribution in [3.8, 4) is 0 Å². The topological polar surface area (TPSA) is 58.1 Å². The van der Waals surface area contributed by atoms with Crippen molar-refractivity contribution in [2.45, 2.75) is 33.6 Å². The smallest absolute Gasteiger partial charge is 0.274 e. The summed E-state index contributed by atoms with van der Waals surface area (Å²) < 4.78 is 0. The fourth-order valence-electron chi connectivity index (χ4n) is 2.30. The monoisotopic (exact) mass is 312 g/mol. The number of anilines is 2. The molecule has 0 saturated carbocycles. The summed E-state index contributed by atoms with van der Waals surface area (Å²) in [6.07, 6.45) is 5.01. The van der Waals surface area contributed by atoms with Gasteiger partial charge in [0.1, 0.15) is 11.5 Å². The molecule has 0 aliphatic carbocycles. The molecule has 0 radical (unpaired) electrons. The number of aryl methyl sites for hydroxylation is 1. The second-order valence-electron chi connectivity index (χ2n) is 5.57. The highest BCUT2D eigenvalue weighted by atomic mass is 16.2. The summed E-state index contributed by atoms with van der Waals surface area (Å²) in [6, 6.07) is 8.03. The third kappa shape index (κ3) is 4.77. The van der Waals surface area contributed by atoms with Gasteiger partial charge < -0.3 is 10.2 Å². The highest BCUT2D eigenvalue weighted by Crippen LogP contribution is 2.14. The normalized spacial score (nSPS) is 10.4. The minimum absolute atomic E-state index is 0.0527. The van der Waals surface area contributed by atoms with Gasteiger partial charge in [0, 0.05) is 18.8 Å². The van der Waals surface area contributed by atoms with Gasteiger partial charge in [0.05, 0.1) is 12.4 Å². The Morgan fingerprint density at radius 2 is 1.70 bits per heavy atom. The number of benzene rings is 1. The molecule has 1 aromatic heterocycles. The molecule has 1 N–H and O–H groups in total. The van der Waals surface area contributed by atoms with Crippen LogP contribution >= 0.6 is 0 Å². The Labute approximate surface area is 137 Å². The molecule has 23 heavy (non-hydrogen) atoms. The highest BCUT2D eigenvalue weighted by Gasteiger charge is 2.15. The lowest BCUT2D eigenvalue weighted by Crippen LogP contribution is -2.33. The second-order valence-corrected chi connectivity index (χ2v) is 5.57. The number of nitrogens with one attached hydrogen (secondary N) is 1. The largest absolute Gasteiger partial charge is 0.339 e. The fourth-order valence-corrected chi connectivity index (χ4v) is 2.30. The second kappa shape index (κ2) is 8.27. The molecule has 1 aromatic carbocycles. The van der Waals surface area contributed by atoms with E-state index in [4.69, 9.17) is 0 Å². The van der Waals surface area contributed by atoms with Crippen molar-refractivity contribution in [3.05, 3.63) is 47.9 Å². The van der Waals surface area contributed by atoms with Crippen LogP contribution in [-0.4, -0.2) is 33.9 Å². The molecule has 0 atom stereocenters. The predicted octanol–water partition coefficient (Wildman–Crippen LogP) is 3.79. The number of aromatic nitrogens is 2. The third-order valence-corrected chi connectivity index (χ3v) is 3.47. The van der Waals surface area contributed by atoms with Gasteiger partial charge in [-0.1, -0.05) is 31.5 Å². The van der Waals surface area contributed by atoms with Gasteiger partial charge in [-0.2, -0.15) is 0 Å². The SMILES string of the molecule is CCCN(CCC)C(=O)c1cnc(Nc2ccc(C)cc2)cn1. The zero-order valence-electron chi connectivity index (χ0n) is 14.0. The van der Waals surface area contributed by atoms with E-state index in [2.05, 4.69) is 29.1 Å². The Morgan fingerprint density at radius 1 is 1.04 bits per heavy atom. The summed E-state index contributed by atoms with van der Waals surface area (Å²) in [5, 5.41) is 3.18. The summed E-state index contributed by atoms with van der Waals surface area (Å²) >= 11 is 0. The molecule has 1 amide bonds. The van der Waals surface area contributed by atoms with Crippen LogP contribution < -0.4 is 5.32 Å². The molecule has 0 saturated heterocycles. The van der Waals surface area contributed by atoms with Gasteiger partial charge in [-0.15, -0.1) is 0 Å². The summed E-state index contributed by atoms with van der Waals surface area (Å²) in [7, 11) is 0. The van der Waals surface area contributed by atoms with Crippen molar-refractivity contribution < 1.29 is 4.79 Å². The Hall–Kier alpha value is -2.43. The first-order valence-electron chi connectivity index (χ1n) is 8.09. The maximum absolute atomic E-state index is 12.4. The molecule has 1 heterocycles. The number of hydrogen-bond donors (Lipinski definition) is 1. The molecule has 5 heteroatoms. The summed E-state index contributed by atoms with van der Waals surface area (Å²) in [5.74, 6) is 0.575. The number of rotatable bonds is 7. The van der Waals surface area contributed by atoms with Crippen molar-refractivity contribution in [3.63, 3.8) is 0 Å². The van der Waals surface area contributed by atoms with Gasteiger partial charge in [0.15, 0.2) is 0 Å². The molecule has 0 bridgehead atoms. The van der Waals surface area contributed by atoms with E-state index in [1.807, 2.05) is 36.1 Å². The molecule has 0 spiro atoms. The van der Waals surface area contributed by atoms with Crippen molar-refractivity contribution in [1.29, 1.82) is 0 Å². The van der Waals surface area contributed by atoms with Gasteiger partial charge in [0.25, 0.3) is 5.91 Å². The Balaban J connectivity index is 2.05. The van der Waals surface area contributed by atoms with Crippen molar-refractivity contribution >= 4 is 17.4 Å². The van der Waals surface area contributed by atoms with Crippen LogP contribution in [0.5, 0.6) is 0 Å². The first-order valence-corrected chi connectivity index (χ1v) is 8.09. The Kier molecular flexibility index (Phi) is 6.09. The average Bonchev–Trinajstić information content (AvgIpc) is 2.57. The van der Waals surface area contributed by atoms with E-state index in [-0.39, 0.29) is 5.91 Å².